The summed E-state index contributed by atoms with van der Waals surface area (Å²) in [6.45, 7) is 1.18. The van der Waals surface area contributed by atoms with Gasteiger partial charge in [0.05, 0.1) is 20.8 Å². The summed E-state index contributed by atoms with van der Waals surface area (Å²) in [5, 5.41) is 0. The number of carbonyl (C=O) groups excluding carboxylic acids is 1. The van der Waals surface area contributed by atoms with Crippen LogP contribution in [0.15, 0.2) is 72.8 Å². The molecule has 0 radical (unpaired) electrons. The van der Waals surface area contributed by atoms with Gasteiger partial charge >= 0.3 is 0 Å². The molecule has 1 aliphatic rings. The minimum atomic E-state index is -0.468. The van der Waals surface area contributed by atoms with E-state index >= 15 is 0 Å². The molecule has 0 bridgehead atoms. The second-order valence-electron chi connectivity index (χ2n) is 6.87. The second-order valence-corrected chi connectivity index (χ2v) is 6.87. The number of nitrogens with zero attached hydrogens (tertiary/aromatic N) is 1. The first kappa shape index (κ1) is 18.9. The summed E-state index contributed by atoms with van der Waals surface area (Å²) in [6, 6.07) is 23.3. The number of rotatable bonds is 7. The summed E-state index contributed by atoms with van der Waals surface area (Å²) in [4.78, 5) is 14.4. The van der Waals surface area contributed by atoms with Crippen LogP contribution in [0.3, 0.4) is 0 Å². The highest BCUT2D eigenvalue weighted by atomic mass is 16.5. The lowest BCUT2D eigenvalue weighted by molar-refractivity contribution is -0.154. The Morgan fingerprint density at radius 1 is 0.862 bits per heavy atom. The fraction of sp³-hybridized carbons (Fsp3) is 0.208. The largest absolute Gasteiger partial charge is 0.497 e. The Hall–Kier alpha value is -3.47. The Labute approximate surface area is 170 Å². The van der Waals surface area contributed by atoms with Gasteiger partial charge in [-0.1, -0.05) is 48.5 Å². The van der Waals surface area contributed by atoms with E-state index < -0.39 is 6.10 Å². The van der Waals surface area contributed by atoms with Gasteiger partial charge in [-0.2, -0.15) is 0 Å². The Morgan fingerprint density at radius 2 is 1.59 bits per heavy atom. The van der Waals surface area contributed by atoms with Gasteiger partial charge in [0.2, 0.25) is 0 Å². The van der Waals surface area contributed by atoms with Crippen LogP contribution in [0.4, 0.5) is 0 Å². The maximum absolute atomic E-state index is 12.6. The maximum Gasteiger partial charge on any atom is 0.265 e. The third-order valence-corrected chi connectivity index (χ3v) is 5.04. The number of para-hydroxylation sites is 1. The number of ether oxygens (including phenoxy) is 3. The van der Waals surface area contributed by atoms with Crippen molar-refractivity contribution in [2.24, 2.45) is 0 Å². The molecular weight excluding hydrogens is 366 g/mol. The lowest BCUT2D eigenvalue weighted by Crippen LogP contribution is -2.58. The van der Waals surface area contributed by atoms with Crippen molar-refractivity contribution < 1.29 is 19.0 Å². The van der Waals surface area contributed by atoms with Gasteiger partial charge in [-0.05, 0) is 23.8 Å². The van der Waals surface area contributed by atoms with Crippen LogP contribution in [0.5, 0.6) is 17.2 Å². The Morgan fingerprint density at radius 3 is 2.31 bits per heavy atom. The van der Waals surface area contributed by atoms with E-state index in [-0.39, 0.29) is 5.91 Å². The smallest absolute Gasteiger partial charge is 0.265 e. The van der Waals surface area contributed by atoms with Crippen molar-refractivity contribution in [2.45, 2.75) is 12.6 Å². The van der Waals surface area contributed by atoms with Gasteiger partial charge in [-0.3, -0.25) is 4.79 Å². The molecule has 1 atom stereocenters. The van der Waals surface area contributed by atoms with Crippen molar-refractivity contribution in [3.63, 3.8) is 0 Å². The highest BCUT2D eigenvalue weighted by Crippen LogP contribution is 2.39. The van der Waals surface area contributed by atoms with Crippen molar-refractivity contribution >= 4 is 5.91 Å². The SMILES string of the molecule is COc1ccc(-c2ccccc2O[C@H]2CN(Cc3ccccc3)C2=O)c(OC)c1. The third-order valence-electron chi connectivity index (χ3n) is 5.04. The molecule has 4 rings (SSSR count). The van der Waals surface area contributed by atoms with E-state index in [2.05, 4.69) is 0 Å². The van der Waals surface area contributed by atoms with E-state index in [9.17, 15) is 4.79 Å². The quantitative estimate of drug-likeness (QED) is 0.570. The minimum Gasteiger partial charge on any atom is -0.497 e. The molecule has 5 heteroatoms. The second kappa shape index (κ2) is 8.27. The van der Waals surface area contributed by atoms with Crippen LogP contribution in [0.1, 0.15) is 5.56 Å². The number of hydrogen-bond donors (Lipinski definition) is 0. The van der Waals surface area contributed by atoms with Crippen molar-refractivity contribution in [1.82, 2.24) is 4.90 Å². The van der Waals surface area contributed by atoms with Gasteiger partial charge in [0.15, 0.2) is 6.10 Å². The first-order chi connectivity index (χ1) is 14.2. The molecule has 3 aromatic carbocycles. The summed E-state index contributed by atoms with van der Waals surface area (Å²) < 4.78 is 16.9. The number of carbonyl (C=O) groups is 1. The third kappa shape index (κ3) is 3.90. The van der Waals surface area contributed by atoms with Crippen molar-refractivity contribution in [3.8, 4) is 28.4 Å². The molecule has 5 nitrogen and oxygen atoms in total. The molecule has 0 saturated carbocycles. The lowest BCUT2D eigenvalue weighted by atomic mass is 10.0. The first-order valence-corrected chi connectivity index (χ1v) is 9.50. The minimum absolute atomic E-state index is 0.00496. The summed E-state index contributed by atoms with van der Waals surface area (Å²) in [5.41, 5.74) is 2.88. The molecule has 0 N–H and O–H groups in total. The summed E-state index contributed by atoms with van der Waals surface area (Å²) >= 11 is 0. The van der Waals surface area contributed by atoms with E-state index in [0.29, 0.717) is 24.6 Å². The molecule has 1 heterocycles. The Kier molecular flexibility index (Phi) is 5.38. The zero-order valence-electron chi connectivity index (χ0n) is 16.5. The van der Waals surface area contributed by atoms with E-state index in [4.69, 9.17) is 14.2 Å². The average molecular weight is 389 g/mol. The molecule has 0 spiro atoms. The Balaban J connectivity index is 1.51. The normalized spacial score (nSPS) is 15.6. The van der Waals surface area contributed by atoms with E-state index in [0.717, 1.165) is 22.4 Å². The molecule has 0 unspecified atom stereocenters. The average Bonchev–Trinajstić information content (AvgIpc) is 2.78. The molecule has 3 aromatic rings. The molecule has 1 saturated heterocycles. The van der Waals surface area contributed by atoms with Crippen LogP contribution in [-0.2, 0) is 11.3 Å². The van der Waals surface area contributed by atoms with Crippen LogP contribution in [0.2, 0.25) is 0 Å². The zero-order chi connectivity index (χ0) is 20.2. The molecule has 1 aliphatic heterocycles. The first-order valence-electron chi connectivity index (χ1n) is 9.50. The van der Waals surface area contributed by atoms with Crippen LogP contribution in [-0.4, -0.2) is 37.7 Å². The van der Waals surface area contributed by atoms with Gasteiger partial charge in [0, 0.05) is 23.7 Å². The molecule has 0 aliphatic carbocycles. The fourth-order valence-corrected chi connectivity index (χ4v) is 3.46. The lowest BCUT2D eigenvalue weighted by Gasteiger charge is -2.38. The number of likely N-dealkylation sites (tertiary alicyclic amines) is 1. The molecule has 1 amide bonds. The summed E-state index contributed by atoms with van der Waals surface area (Å²) in [5.74, 6) is 2.07. The molecule has 1 fully saturated rings. The van der Waals surface area contributed by atoms with Crippen molar-refractivity contribution in [1.29, 1.82) is 0 Å². The number of β-lactam (4-membered cyclic amide) rings is 1. The maximum atomic E-state index is 12.6. The van der Waals surface area contributed by atoms with E-state index in [1.807, 2.05) is 72.8 Å². The summed E-state index contributed by atoms with van der Waals surface area (Å²) in [7, 11) is 3.24. The van der Waals surface area contributed by atoms with Crippen LogP contribution in [0.25, 0.3) is 11.1 Å². The number of hydrogen-bond acceptors (Lipinski definition) is 4. The van der Waals surface area contributed by atoms with Gasteiger partial charge < -0.3 is 19.1 Å². The molecule has 0 aromatic heterocycles. The van der Waals surface area contributed by atoms with Crippen molar-refractivity contribution in [3.05, 3.63) is 78.4 Å². The van der Waals surface area contributed by atoms with Gasteiger partial charge in [0.1, 0.15) is 17.2 Å². The van der Waals surface area contributed by atoms with Crippen molar-refractivity contribution in [2.75, 3.05) is 20.8 Å². The molecular formula is C24H23NO4. The van der Waals surface area contributed by atoms with Gasteiger partial charge in [0.25, 0.3) is 5.91 Å². The van der Waals surface area contributed by atoms with E-state index in [1.165, 1.54) is 0 Å². The zero-order valence-corrected chi connectivity index (χ0v) is 16.5. The monoisotopic (exact) mass is 389 g/mol. The van der Waals surface area contributed by atoms with Crippen LogP contribution in [0, 0.1) is 0 Å². The van der Waals surface area contributed by atoms with Crippen LogP contribution >= 0.6 is 0 Å². The number of amides is 1. The Bertz CT molecular complexity index is 1000. The number of methoxy groups -OCH3 is 2. The highest BCUT2D eigenvalue weighted by Gasteiger charge is 2.38. The predicted octanol–water partition coefficient (Wildman–Crippen LogP) is 4.16. The summed E-state index contributed by atoms with van der Waals surface area (Å²) in [6.07, 6.45) is -0.468. The molecule has 148 valence electrons. The molecule has 29 heavy (non-hydrogen) atoms. The topological polar surface area (TPSA) is 48.0 Å². The van der Waals surface area contributed by atoms with E-state index in [1.54, 1.807) is 19.1 Å². The predicted molar refractivity (Wildman–Crippen MR) is 111 cm³/mol. The van der Waals surface area contributed by atoms with Crippen LogP contribution < -0.4 is 14.2 Å². The van der Waals surface area contributed by atoms with Gasteiger partial charge in [-0.15, -0.1) is 0 Å². The standard InChI is InChI=1S/C24H23NO4/c1-27-18-12-13-20(22(14-18)28-2)19-10-6-7-11-21(19)29-23-16-25(24(23)26)15-17-8-4-3-5-9-17/h3-14,23H,15-16H2,1-2H3/t23-/m0/s1. The highest BCUT2D eigenvalue weighted by molar-refractivity contribution is 5.87. The number of benzene rings is 3. The van der Waals surface area contributed by atoms with Gasteiger partial charge in [-0.25, -0.2) is 0 Å². The fourth-order valence-electron chi connectivity index (χ4n) is 3.46.